The number of rotatable bonds is 3. The van der Waals surface area contributed by atoms with Crippen molar-refractivity contribution in [3.8, 4) is 0 Å². The maximum Gasteiger partial charge on any atom is 0.416 e. The summed E-state index contributed by atoms with van der Waals surface area (Å²) in [5.41, 5.74) is 0.311. The Morgan fingerprint density at radius 2 is 2.10 bits per heavy atom. The third-order valence-electron chi connectivity index (χ3n) is 4.10. The van der Waals surface area contributed by atoms with Crippen LogP contribution in [0.2, 0.25) is 0 Å². The van der Waals surface area contributed by atoms with Gasteiger partial charge in [-0.05, 0) is 30.0 Å². The minimum absolute atomic E-state index is 0.0592. The first kappa shape index (κ1) is 16.6. The molecule has 2 atom stereocenters. The summed E-state index contributed by atoms with van der Waals surface area (Å²) in [6, 6.07) is 4.56. The van der Waals surface area contributed by atoms with Crippen molar-refractivity contribution < 1.29 is 17.9 Å². The first-order valence-electron chi connectivity index (χ1n) is 6.90. The van der Waals surface area contributed by atoms with Gasteiger partial charge in [0, 0.05) is 31.2 Å². The van der Waals surface area contributed by atoms with Crippen molar-refractivity contribution in [3.05, 3.63) is 29.3 Å². The van der Waals surface area contributed by atoms with Crippen LogP contribution in [0.15, 0.2) is 18.2 Å². The monoisotopic (exact) mass is 365 g/mol. The molecule has 0 saturated carbocycles. The summed E-state index contributed by atoms with van der Waals surface area (Å²) in [5, 5.41) is 0.194. The molecule has 0 amide bonds. The molecule has 0 N–H and O–H groups in total. The van der Waals surface area contributed by atoms with E-state index in [0.717, 1.165) is 13.0 Å². The van der Waals surface area contributed by atoms with Gasteiger partial charge in [0.1, 0.15) is 0 Å². The first-order valence-corrected chi connectivity index (χ1v) is 8.02. The Balaban J connectivity index is 2.28. The molecule has 1 fully saturated rings. The van der Waals surface area contributed by atoms with Crippen LogP contribution in [0.5, 0.6) is 0 Å². The zero-order chi connectivity index (χ0) is 15.6. The van der Waals surface area contributed by atoms with E-state index in [2.05, 4.69) is 22.9 Å². The first-order chi connectivity index (χ1) is 9.86. The van der Waals surface area contributed by atoms with E-state index in [1.165, 1.54) is 6.07 Å². The highest BCUT2D eigenvalue weighted by Crippen LogP contribution is 2.36. The van der Waals surface area contributed by atoms with Crippen LogP contribution in [-0.4, -0.2) is 26.3 Å². The van der Waals surface area contributed by atoms with Crippen LogP contribution in [0.1, 0.15) is 24.5 Å². The lowest BCUT2D eigenvalue weighted by Gasteiger charge is -2.38. The van der Waals surface area contributed by atoms with E-state index in [0.29, 0.717) is 18.2 Å². The number of methoxy groups -OCH3 is 1. The molecule has 1 aromatic rings. The minimum atomic E-state index is -4.33. The Bertz CT molecular complexity index is 492. The Kier molecular flexibility index (Phi) is 5.20. The molecule has 1 aliphatic rings. The van der Waals surface area contributed by atoms with Gasteiger partial charge in [0.05, 0.1) is 11.7 Å². The van der Waals surface area contributed by atoms with Gasteiger partial charge in [-0.25, -0.2) is 0 Å². The van der Waals surface area contributed by atoms with E-state index >= 15 is 0 Å². The molecule has 2 unspecified atom stereocenters. The number of alkyl halides is 4. The highest BCUT2D eigenvalue weighted by molar-refractivity contribution is 9.08. The Morgan fingerprint density at radius 1 is 1.38 bits per heavy atom. The minimum Gasteiger partial charge on any atom is -0.379 e. The Hall–Kier alpha value is -0.750. The van der Waals surface area contributed by atoms with E-state index in [1.807, 2.05) is 4.90 Å². The quantitative estimate of drug-likeness (QED) is 0.733. The summed E-state index contributed by atoms with van der Waals surface area (Å²) in [7, 11) is 1.65. The van der Waals surface area contributed by atoms with E-state index in [-0.39, 0.29) is 17.0 Å². The number of nitrogens with zero attached hydrogens (tertiary/aromatic N) is 1. The second-order valence-corrected chi connectivity index (χ2v) is 6.02. The average molecular weight is 366 g/mol. The average Bonchev–Trinajstić information content (AvgIpc) is 2.46. The van der Waals surface area contributed by atoms with Crippen molar-refractivity contribution in [2.75, 3.05) is 25.1 Å². The van der Waals surface area contributed by atoms with Crippen molar-refractivity contribution in [2.24, 2.45) is 5.92 Å². The number of halogens is 4. The topological polar surface area (TPSA) is 12.5 Å². The van der Waals surface area contributed by atoms with Gasteiger partial charge in [-0.1, -0.05) is 28.9 Å². The van der Waals surface area contributed by atoms with E-state index < -0.39 is 11.7 Å². The zero-order valence-electron chi connectivity index (χ0n) is 12.1. The molecule has 6 heteroatoms. The third-order valence-corrected chi connectivity index (χ3v) is 4.70. The molecule has 1 saturated heterocycles. The molecule has 118 valence electrons. The molecule has 21 heavy (non-hydrogen) atoms. The second-order valence-electron chi connectivity index (χ2n) is 5.46. The van der Waals surface area contributed by atoms with Crippen molar-refractivity contribution in [1.29, 1.82) is 0 Å². The summed E-state index contributed by atoms with van der Waals surface area (Å²) in [6.07, 6.45) is -3.35. The third kappa shape index (κ3) is 3.72. The largest absolute Gasteiger partial charge is 0.416 e. The lowest BCUT2D eigenvalue weighted by Crippen LogP contribution is -2.44. The Labute approximate surface area is 131 Å². The summed E-state index contributed by atoms with van der Waals surface area (Å²) < 4.78 is 44.8. The van der Waals surface area contributed by atoms with Gasteiger partial charge < -0.3 is 9.64 Å². The summed E-state index contributed by atoms with van der Waals surface area (Å²) in [5.74, 6) is 0.426. The van der Waals surface area contributed by atoms with Crippen LogP contribution < -0.4 is 4.90 Å². The Morgan fingerprint density at radius 3 is 2.67 bits per heavy atom. The molecule has 2 rings (SSSR count). The SMILES string of the molecule is COC1CN(c2ccc(CBr)c(C(F)(F)F)c2)CCC1C. The highest BCUT2D eigenvalue weighted by Gasteiger charge is 2.34. The molecule has 0 aromatic heterocycles. The van der Waals surface area contributed by atoms with Crippen LogP contribution >= 0.6 is 15.9 Å². The molecule has 0 spiro atoms. The van der Waals surface area contributed by atoms with E-state index in [9.17, 15) is 13.2 Å². The van der Waals surface area contributed by atoms with Gasteiger partial charge in [0.15, 0.2) is 0 Å². The smallest absolute Gasteiger partial charge is 0.379 e. The standard InChI is InChI=1S/C15H19BrF3NO/c1-10-5-6-20(9-14(10)21-2)12-4-3-11(8-16)13(7-12)15(17,18)19/h3-4,7,10,14H,5-6,8-9H2,1-2H3. The van der Waals surface area contributed by atoms with Crippen LogP contribution in [-0.2, 0) is 16.2 Å². The molecular formula is C15H19BrF3NO. The second kappa shape index (κ2) is 6.57. The molecule has 1 heterocycles. The summed E-state index contributed by atoms with van der Waals surface area (Å²) >= 11 is 3.12. The summed E-state index contributed by atoms with van der Waals surface area (Å²) in [6.45, 7) is 3.50. The number of benzene rings is 1. The maximum atomic E-state index is 13.1. The number of anilines is 1. The fourth-order valence-corrected chi connectivity index (χ4v) is 3.21. The molecule has 0 bridgehead atoms. The fraction of sp³-hybridized carbons (Fsp3) is 0.600. The molecule has 0 aliphatic carbocycles. The lowest BCUT2D eigenvalue weighted by molar-refractivity contribution is -0.138. The number of hydrogen-bond acceptors (Lipinski definition) is 2. The number of piperidine rings is 1. The van der Waals surface area contributed by atoms with Gasteiger partial charge in [-0.2, -0.15) is 13.2 Å². The van der Waals surface area contributed by atoms with Gasteiger partial charge in [-0.15, -0.1) is 0 Å². The van der Waals surface area contributed by atoms with Crippen molar-refractivity contribution in [3.63, 3.8) is 0 Å². The van der Waals surface area contributed by atoms with Crippen LogP contribution in [0, 0.1) is 5.92 Å². The van der Waals surface area contributed by atoms with Gasteiger partial charge >= 0.3 is 6.18 Å². The number of hydrogen-bond donors (Lipinski definition) is 0. The van der Waals surface area contributed by atoms with Gasteiger partial charge in [0.25, 0.3) is 0 Å². The molecular weight excluding hydrogens is 347 g/mol. The van der Waals surface area contributed by atoms with E-state index in [1.54, 1.807) is 19.2 Å². The summed E-state index contributed by atoms with van der Waals surface area (Å²) in [4.78, 5) is 1.97. The van der Waals surface area contributed by atoms with Gasteiger partial charge in [-0.3, -0.25) is 0 Å². The van der Waals surface area contributed by atoms with E-state index in [4.69, 9.17) is 4.74 Å². The van der Waals surface area contributed by atoms with Gasteiger partial charge in [0.2, 0.25) is 0 Å². The molecule has 1 aromatic carbocycles. The van der Waals surface area contributed by atoms with Crippen molar-refractivity contribution in [1.82, 2.24) is 0 Å². The maximum absolute atomic E-state index is 13.1. The number of ether oxygens (including phenoxy) is 1. The highest BCUT2D eigenvalue weighted by atomic mass is 79.9. The zero-order valence-corrected chi connectivity index (χ0v) is 13.7. The molecule has 1 aliphatic heterocycles. The van der Waals surface area contributed by atoms with Crippen molar-refractivity contribution in [2.45, 2.75) is 31.0 Å². The lowest BCUT2D eigenvalue weighted by atomic mass is 9.95. The van der Waals surface area contributed by atoms with Crippen LogP contribution in [0.4, 0.5) is 18.9 Å². The van der Waals surface area contributed by atoms with Crippen LogP contribution in [0.3, 0.4) is 0 Å². The normalized spacial score (nSPS) is 23.4. The van der Waals surface area contributed by atoms with Crippen molar-refractivity contribution >= 4 is 21.6 Å². The van der Waals surface area contributed by atoms with Crippen LogP contribution in [0.25, 0.3) is 0 Å². The fourth-order valence-electron chi connectivity index (χ4n) is 2.72. The predicted molar refractivity (Wildman–Crippen MR) is 80.9 cm³/mol. The molecule has 2 nitrogen and oxygen atoms in total. The molecule has 0 radical (unpaired) electrons. The predicted octanol–water partition coefficient (Wildman–Crippen LogP) is 4.46.